The highest BCUT2D eigenvalue weighted by Gasteiger charge is 2.23. The van der Waals surface area contributed by atoms with Crippen molar-refractivity contribution in [3.63, 3.8) is 0 Å². The van der Waals surface area contributed by atoms with Crippen LogP contribution in [0.3, 0.4) is 0 Å². The Labute approximate surface area is 108 Å². The number of hydrogen-bond donors (Lipinski definition) is 1. The molecule has 2 rings (SSSR count). The molecule has 0 amide bonds. The average Bonchev–Trinajstić information content (AvgIpc) is 2.99. The van der Waals surface area contributed by atoms with Crippen molar-refractivity contribution in [3.05, 3.63) is 22.4 Å². The van der Waals surface area contributed by atoms with Crippen LogP contribution in [0.4, 0.5) is 0 Å². The van der Waals surface area contributed by atoms with Crippen molar-refractivity contribution < 1.29 is 4.84 Å². The second-order valence-electron chi connectivity index (χ2n) is 4.52. The molecule has 1 N–H and O–H groups in total. The fraction of sp³-hybridized carbons (Fsp3) is 0.692. The van der Waals surface area contributed by atoms with Crippen molar-refractivity contribution in [2.75, 3.05) is 13.2 Å². The lowest BCUT2D eigenvalue weighted by Crippen LogP contribution is -2.21. The minimum Gasteiger partial charge on any atom is -0.274 e. The molecular weight excluding hydrogens is 232 g/mol. The van der Waals surface area contributed by atoms with Gasteiger partial charge in [-0.25, -0.2) is 0 Å². The van der Waals surface area contributed by atoms with Crippen molar-refractivity contribution in [2.24, 2.45) is 0 Å². The molecule has 1 aromatic heterocycles. The third-order valence-electron chi connectivity index (χ3n) is 3.06. The van der Waals surface area contributed by atoms with E-state index in [9.17, 15) is 0 Å². The summed E-state index contributed by atoms with van der Waals surface area (Å²) < 4.78 is 0. The van der Waals surface area contributed by atoms with Crippen LogP contribution < -0.4 is 5.32 Å². The van der Waals surface area contributed by atoms with Gasteiger partial charge in [0.15, 0.2) is 6.23 Å². The fourth-order valence-corrected chi connectivity index (χ4v) is 2.71. The molecule has 17 heavy (non-hydrogen) atoms. The lowest BCUT2D eigenvalue weighted by atomic mass is 10.1. The van der Waals surface area contributed by atoms with Gasteiger partial charge in [-0.15, -0.1) is 0 Å². The molecule has 1 atom stereocenters. The first-order valence-electron chi connectivity index (χ1n) is 6.57. The number of thiophene rings is 1. The van der Waals surface area contributed by atoms with Gasteiger partial charge in [0.25, 0.3) is 0 Å². The summed E-state index contributed by atoms with van der Waals surface area (Å²) in [5.74, 6) is 0. The standard InChI is InChI=1S/C13H22N2OS/c1-2-3-4-5-6-8-15-11-14-13(16-15)12-7-9-17-10-12/h7,9-10,13-14H,2-6,8,11H2,1H3. The minimum atomic E-state index is 0.0666. The Kier molecular flexibility index (Phi) is 5.45. The Morgan fingerprint density at radius 3 is 3.06 bits per heavy atom. The first-order chi connectivity index (χ1) is 8.40. The summed E-state index contributed by atoms with van der Waals surface area (Å²) in [7, 11) is 0. The number of rotatable bonds is 7. The number of hydroxylamine groups is 2. The molecule has 96 valence electrons. The predicted molar refractivity (Wildman–Crippen MR) is 71.6 cm³/mol. The zero-order valence-electron chi connectivity index (χ0n) is 10.5. The van der Waals surface area contributed by atoms with Crippen LogP contribution in [0.1, 0.15) is 50.8 Å². The summed E-state index contributed by atoms with van der Waals surface area (Å²) in [6, 6.07) is 2.12. The molecule has 0 radical (unpaired) electrons. The van der Waals surface area contributed by atoms with Gasteiger partial charge in [-0.05, 0) is 23.2 Å². The van der Waals surface area contributed by atoms with E-state index in [0.717, 1.165) is 13.2 Å². The summed E-state index contributed by atoms with van der Waals surface area (Å²) in [6.45, 7) is 4.13. The smallest absolute Gasteiger partial charge is 0.157 e. The molecule has 2 heterocycles. The number of hydrogen-bond acceptors (Lipinski definition) is 4. The molecular formula is C13H22N2OS. The van der Waals surface area contributed by atoms with Gasteiger partial charge in [0.1, 0.15) is 0 Å². The van der Waals surface area contributed by atoms with E-state index < -0.39 is 0 Å². The van der Waals surface area contributed by atoms with E-state index in [4.69, 9.17) is 4.84 Å². The topological polar surface area (TPSA) is 24.5 Å². The maximum absolute atomic E-state index is 5.84. The van der Waals surface area contributed by atoms with Crippen LogP contribution in [-0.4, -0.2) is 18.3 Å². The number of unbranched alkanes of at least 4 members (excludes halogenated alkanes) is 4. The van der Waals surface area contributed by atoms with E-state index in [0.29, 0.717) is 0 Å². The van der Waals surface area contributed by atoms with Crippen LogP contribution >= 0.6 is 11.3 Å². The maximum atomic E-state index is 5.84. The van der Waals surface area contributed by atoms with Gasteiger partial charge < -0.3 is 0 Å². The minimum absolute atomic E-state index is 0.0666. The Morgan fingerprint density at radius 2 is 2.29 bits per heavy atom. The number of nitrogens with one attached hydrogen (secondary N) is 1. The van der Waals surface area contributed by atoms with Gasteiger partial charge in [0, 0.05) is 12.1 Å². The van der Waals surface area contributed by atoms with Crippen LogP contribution in [-0.2, 0) is 4.84 Å². The van der Waals surface area contributed by atoms with E-state index in [1.54, 1.807) is 11.3 Å². The summed E-state index contributed by atoms with van der Waals surface area (Å²) in [6.07, 6.45) is 6.64. The zero-order valence-corrected chi connectivity index (χ0v) is 11.3. The van der Waals surface area contributed by atoms with Crippen molar-refractivity contribution in [3.8, 4) is 0 Å². The van der Waals surface area contributed by atoms with Gasteiger partial charge in [-0.3, -0.25) is 10.2 Å². The van der Waals surface area contributed by atoms with Crippen molar-refractivity contribution in [1.29, 1.82) is 0 Å². The monoisotopic (exact) mass is 254 g/mol. The van der Waals surface area contributed by atoms with E-state index in [-0.39, 0.29) is 6.23 Å². The first-order valence-corrected chi connectivity index (χ1v) is 7.51. The fourth-order valence-electron chi connectivity index (χ4n) is 2.03. The molecule has 1 aliphatic heterocycles. The second kappa shape index (κ2) is 7.11. The van der Waals surface area contributed by atoms with Gasteiger partial charge in [0.2, 0.25) is 0 Å². The maximum Gasteiger partial charge on any atom is 0.157 e. The Bertz CT molecular complexity index is 302. The largest absolute Gasteiger partial charge is 0.274 e. The third kappa shape index (κ3) is 4.07. The molecule has 0 bridgehead atoms. The van der Waals surface area contributed by atoms with Gasteiger partial charge >= 0.3 is 0 Å². The van der Waals surface area contributed by atoms with E-state index in [1.807, 2.05) is 5.06 Å². The average molecular weight is 254 g/mol. The van der Waals surface area contributed by atoms with Gasteiger partial charge in [-0.2, -0.15) is 16.4 Å². The van der Waals surface area contributed by atoms with Crippen LogP contribution in [0.15, 0.2) is 16.8 Å². The Hall–Kier alpha value is -0.420. The van der Waals surface area contributed by atoms with E-state index in [2.05, 4.69) is 29.1 Å². The van der Waals surface area contributed by atoms with Gasteiger partial charge in [-0.1, -0.05) is 32.6 Å². The zero-order chi connectivity index (χ0) is 11.9. The predicted octanol–water partition coefficient (Wildman–Crippen LogP) is 3.51. The van der Waals surface area contributed by atoms with E-state index >= 15 is 0 Å². The van der Waals surface area contributed by atoms with Crippen molar-refractivity contribution in [2.45, 2.75) is 45.3 Å². The quantitative estimate of drug-likeness (QED) is 0.754. The molecule has 1 saturated heterocycles. The molecule has 0 spiro atoms. The van der Waals surface area contributed by atoms with Crippen LogP contribution in [0.5, 0.6) is 0 Å². The van der Waals surface area contributed by atoms with Crippen LogP contribution in [0, 0.1) is 0 Å². The van der Waals surface area contributed by atoms with Gasteiger partial charge in [0.05, 0.1) is 6.67 Å². The molecule has 1 aromatic rings. The Balaban J connectivity index is 1.61. The SMILES string of the molecule is CCCCCCCN1CNC(c2ccsc2)O1. The van der Waals surface area contributed by atoms with Crippen molar-refractivity contribution in [1.82, 2.24) is 10.4 Å². The molecule has 0 aliphatic carbocycles. The summed E-state index contributed by atoms with van der Waals surface area (Å²) in [5, 5.41) is 9.65. The summed E-state index contributed by atoms with van der Waals surface area (Å²) in [5.41, 5.74) is 1.24. The summed E-state index contributed by atoms with van der Waals surface area (Å²) >= 11 is 1.72. The highest BCUT2D eigenvalue weighted by atomic mass is 32.1. The molecule has 0 aromatic carbocycles. The molecule has 1 unspecified atom stereocenters. The highest BCUT2D eigenvalue weighted by Crippen LogP contribution is 2.22. The highest BCUT2D eigenvalue weighted by molar-refractivity contribution is 7.07. The molecule has 4 heteroatoms. The lowest BCUT2D eigenvalue weighted by molar-refractivity contribution is -0.148. The van der Waals surface area contributed by atoms with Crippen molar-refractivity contribution >= 4 is 11.3 Å². The first kappa shape index (κ1) is 13.0. The molecule has 3 nitrogen and oxygen atoms in total. The molecule has 1 fully saturated rings. The summed E-state index contributed by atoms with van der Waals surface area (Å²) in [4.78, 5) is 5.84. The second-order valence-corrected chi connectivity index (χ2v) is 5.30. The Morgan fingerprint density at radius 1 is 1.41 bits per heavy atom. The lowest BCUT2D eigenvalue weighted by Gasteiger charge is -2.14. The third-order valence-corrected chi connectivity index (χ3v) is 3.77. The van der Waals surface area contributed by atoms with Crippen LogP contribution in [0.25, 0.3) is 0 Å². The normalized spacial score (nSPS) is 21.1. The number of nitrogens with zero attached hydrogens (tertiary/aromatic N) is 1. The van der Waals surface area contributed by atoms with E-state index in [1.165, 1.54) is 37.7 Å². The molecule has 1 aliphatic rings. The molecule has 0 saturated carbocycles. The van der Waals surface area contributed by atoms with Crippen LogP contribution in [0.2, 0.25) is 0 Å².